The summed E-state index contributed by atoms with van der Waals surface area (Å²) in [6.07, 6.45) is 3.82. The molecule has 0 aliphatic heterocycles. The van der Waals surface area contributed by atoms with Crippen molar-refractivity contribution >= 4 is 17.8 Å². The van der Waals surface area contributed by atoms with Crippen LogP contribution < -0.4 is 23.4 Å². The van der Waals surface area contributed by atoms with E-state index in [1.54, 1.807) is 12.1 Å². The predicted octanol–water partition coefficient (Wildman–Crippen LogP) is -2.29. The van der Waals surface area contributed by atoms with Gasteiger partial charge in [-0.3, -0.25) is 0 Å². The molecule has 1 aromatic rings. The maximum atomic E-state index is 8.49. The van der Waals surface area contributed by atoms with Crippen LogP contribution in [0.5, 0.6) is 5.75 Å². The van der Waals surface area contributed by atoms with E-state index in [2.05, 4.69) is 0 Å². The van der Waals surface area contributed by atoms with E-state index in [1.807, 2.05) is 62.2 Å². The summed E-state index contributed by atoms with van der Waals surface area (Å²) in [6, 6.07) is 7.30. The van der Waals surface area contributed by atoms with Crippen molar-refractivity contribution < 1.29 is 38.2 Å². The van der Waals surface area contributed by atoms with Crippen LogP contribution in [-0.4, -0.2) is 43.9 Å². The van der Waals surface area contributed by atoms with Gasteiger partial charge in [-0.2, -0.15) is 0 Å². The number of halogens is 2. The molecule has 0 atom stereocenters. The molecule has 7 nitrogen and oxygen atoms in total. The first-order valence-electron chi connectivity index (χ1n) is 5.92. The summed E-state index contributed by atoms with van der Waals surface area (Å²) in [7, 11) is 2.87. The number of hydrogen-bond acceptors (Lipinski definition) is 6. The smallest absolute Gasteiger partial charge is 0.207 e. The van der Waals surface area contributed by atoms with E-state index in [-0.39, 0.29) is 0 Å². The molecule has 0 spiro atoms. The molecular weight excluding hydrogens is 335 g/mol. The Balaban J connectivity index is 0.000000763. The Morgan fingerprint density at radius 3 is 1.95 bits per heavy atom. The van der Waals surface area contributed by atoms with Gasteiger partial charge in [0.25, 0.3) is 0 Å². The second-order valence-electron chi connectivity index (χ2n) is 4.52. The fraction of sp³-hybridized carbons (Fsp3) is 0.308. The second kappa shape index (κ2) is 9.62. The molecule has 22 heavy (non-hydrogen) atoms. The zero-order valence-electron chi connectivity index (χ0n) is 12.7. The van der Waals surface area contributed by atoms with E-state index in [1.165, 1.54) is 0 Å². The number of allylic oxidation sites excluding steroid dienone is 1. The highest BCUT2D eigenvalue weighted by Crippen LogP contribution is 2.17. The van der Waals surface area contributed by atoms with Crippen LogP contribution in [0.25, 0.3) is 0 Å². The monoisotopic (exact) mass is 352 g/mol. The fourth-order valence-corrected chi connectivity index (χ4v) is 1.36. The largest absolute Gasteiger partial charge is 0.450 e. The molecule has 0 N–H and O–H groups in total. The van der Waals surface area contributed by atoms with Gasteiger partial charge in [0.2, 0.25) is 12.0 Å². The minimum atomic E-state index is -4.94. The van der Waals surface area contributed by atoms with Crippen molar-refractivity contribution in [2.75, 3.05) is 28.2 Å². The van der Waals surface area contributed by atoms with Gasteiger partial charge in [0.1, 0.15) is 19.8 Å². The molecule has 1 aromatic carbocycles. The van der Waals surface area contributed by atoms with Crippen molar-refractivity contribution in [2.24, 2.45) is 0 Å². The fourth-order valence-electron chi connectivity index (χ4n) is 1.23. The summed E-state index contributed by atoms with van der Waals surface area (Å²) >= 11 is 5.82. The summed E-state index contributed by atoms with van der Waals surface area (Å²) in [5.41, 5.74) is 0. The Bertz CT molecular complexity index is 500. The van der Waals surface area contributed by atoms with Gasteiger partial charge in [0, 0.05) is 25.3 Å². The summed E-state index contributed by atoms with van der Waals surface area (Å²) < 4.78 is 41.7. The minimum absolute atomic E-state index is 0.701. The summed E-state index contributed by atoms with van der Waals surface area (Å²) in [6.45, 7) is 0. The summed E-state index contributed by atoms with van der Waals surface area (Å²) in [5, 5.41) is 0.701. The Morgan fingerprint density at radius 2 is 1.59 bits per heavy atom. The third-order valence-corrected chi connectivity index (χ3v) is 2.07. The number of ether oxygens (including phenoxy) is 1. The molecule has 1 rings (SSSR count). The number of benzene rings is 1. The van der Waals surface area contributed by atoms with Crippen LogP contribution in [0.4, 0.5) is 0 Å². The van der Waals surface area contributed by atoms with Gasteiger partial charge in [-0.25, -0.2) is 23.2 Å². The first-order valence-corrected chi connectivity index (χ1v) is 7.53. The van der Waals surface area contributed by atoms with Gasteiger partial charge in [0.15, 0.2) is 0 Å². The van der Waals surface area contributed by atoms with Gasteiger partial charge >= 0.3 is 0 Å². The zero-order chi connectivity index (χ0) is 17.3. The van der Waals surface area contributed by atoms with Gasteiger partial charge in [0.05, 0.1) is 0 Å². The van der Waals surface area contributed by atoms with Crippen molar-refractivity contribution in [3.05, 3.63) is 41.2 Å². The van der Waals surface area contributed by atoms with Crippen molar-refractivity contribution in [3.63, 3.8) is 0 Å². The highest BCUT2D eigenvalue weighted by Gasteiger charge is 2.03. The second-order valence-corrected chi connectivity index (χ2v) is 5.71. The van der Waals surface area contributed by atoms with Crippen molar-refractivity contribution in [1.29, 1.82) is 0 Å². The van der Waals surface area contributed by atoms with Gasteiger partial charge < -0.3 is 9.64 Å². The van der Waals surface area contributed by atoms with E-state index in [0.717, 1.165) is 11.5 Å². The van der Waals surface area contributed by atoms with Gasteiger partial charge in [-0.1, -0.05) is 11.6 Å². The molecule has 0 unspecified atom stereocenters. The number of nitrogens with zero attached hydrogens (tertiary/aromatic N) is 2. The van der Waals surface area contributed by atoms with Crippen LogP contribution in [-0.2, 0) is 0 Å². The molecule has 0 aliphatic rings. The molecule has 0 amide bonds. The lowest BCUT2D eigenvalue weighted by Crippen LogP contribution is -2.68. The Labute approximate surface area is 136 Å². The molecule has 0 bridgehead atoms. The first-order chi connectivity index (χ1) is 9.97. The minimum Gasteiger partial charge on any atom is -0.450 e. The van der Waals surface area contributed by atoms with Crippen LogP contribution >= 0.6 is 11.6 Å². The van der Waals surface area contributed by atoms with Crippen molar-refractivity contribution in [3.8, 4) is 5.75 Å². The molecular formula is C13H18Cl2N2O5. The average molecular weight is 353 g/mol. The van der Waals surface area contributed by atoms with E-state index in [4.69, 9.17) is 35.0 Å². The molecule has 124 valence electrons. The Morgan fingerprint density at radius 1 is 1.14 bits per heavy atom. The average Bonchev–Trinajstić information content (AvgIpc) is 2.28. The van der Waals surface area contributed by atoms with Crippen LogP contribution in [0.3, 0.4) is 0 Å². The summed E-state index contributed by atoms with van der Waals surface area (Å²) in [5.74, 6) is 1.53. The number of hydrogen-bond donors (Lipinski definition) is 0. The SMILES string of the molecule is CN(C)/C=C(/C=[N+](C)C)Oc1ccc(Cl)cc1.[O-][Cl+3]([O-])([O-])[O-]. The maximum Gasteiger partial charge on any atom is 0.207 e. The van der Waals surface area contributed by atoms with Crippen LogP contribution in [0.15, 0.2) is 36.2 Å². The van der Waals surface area contributed by atoms with Crippen LogP contribution in [0, 0.1) is 10.2 Å². The Hall–Kier alpha value is -1.35. The van der Waals surface area contributed by atoms with E-state index < -0.39 is 10.2 Å². The molecule has 0 heterocycles. The maximum absolute atomic E-state index is 8.49. The van der Waals surface area contributed by atoms with Crippen LogP contribution in [0.2, 0.25) is 5.02 Å². The lowest BCUT2D eigenvalue weighted by molar-refractivity contribution is -2.00. The van der Waals surface area contributed by atoms with Crippen molar-refractivity contribution in [2.45, 2.75) is 0 Å². The highest BCUT2D eigenvalue weighted by molar-refractivity contribution is 6.30. The molecule has 0 aliphatic carbocycles. The van der Waals surface area contributed by atoms with Gasteiger partial charge in [-0.05, 0) is 24.3 Å². The first kappa shape index (κ1) is 20.6. The third-order valence-electron chi connectivity index (χ3n) is 1.82. The molecule has 0 fully saturated rings. The van der Waals surface area contributed by atoms with E-state index in [0.29, 0.717) is 5.02 Å². The standard InChI is InChI=1S/C13H18ClN2O.ClHO4/c1-15(2)9-13(10-16(3)4)17-12-7-5-11(14)6-8-12;2-1(3,4)5/h5-10H,1-4H3;(H,2,3,4,5)/q+1;/p-1. The normalized spacial score (nSPS) is 11.2. The van der Waals surface area contributed by atoms with Gasteiger partial charge in [-0.15, -0.1) is 10.2 Å². The van der Waals surface area contributed by atoms with E-state index in [9.17, 15) is 0 Å². The predicted molar refractivity (Wildman–Crippen MR) is 72.0 cm³/mol. The molecule has 0 saturated heterocycles. The topological polar surface area (TPSA) is 108 Å². The lowest BCUT2D eigenvalue weighted by Gasteiger charge is -2.17. The number of rotatable bonds is 4. The highest BCUT2D eigenvalue weighted by atomic mass is 35.7. The van der Waals surface area contributed by atoms with Crippen molar-refractivity contribution in [1.82, 2.24) is 4.90 Å². The zero-order valence-corrected chi connectivity index (χ0v) is 14.2. The third kappa shape index (κ3) is 13.6. The van der Waals surface area contributed by atoms with E-state index >= 15 is 0 Å². The summed E-state index contributed by atoms with van der Waals surface area (Å²) in [4.78, 5) is 1.94. The molecule has 0 aromatic heterocycles. The Kier molecular flexibility index (Phi) is 9.03. The quantitative estimate of drug-likeness (QED) is 0.343. The molecule has 0 radical (unpaired) electrons. The molecule has 9 heteroatoms. The van der Waals surface area contributed by atoms with Crippen LogP contribution in [0.1, 0.15) is 0 Å². The lowest BCUT2D eigenvalue weighted by atomic mass is 10.3. The molecule has 0 saturated carbocycles.